The summed E-state index contributed by atoms with van der Waals surface area (Å²) >= 11 is 5.59. The molecule has 2 N–H and O–H groups in total. The lowest BCUT2D eigenvalue weighted by Gasteiger charge is -2.12. The molecule has 6 nitrogen and oxygen atoms in total. The number of rotatable bonds is 7. The van der Waals surface area contributed by atoms with E-state index in [-0.39, 0.29) is 22.5 Å². The molecule has 0 saturated heterocycles. The Morgan fingerprint density at radius 3 is 2.79 bits per heavy atom. The molecule has 0 unspecified atom stereocenters. The third-order valence-electron chi connectivity index (χ3n) is 2.91. The molecular weight excluding hydrogens is 347 g/mol. The van der Waals surface area contributed by atoms with E-state index in [4.69, 9.17) is 16.3 Å². The van der Waals surface area contributed by atoms with Gasteiger partial charge in [0.05, 0.1) is 16.8 Å². The van der Waals surface area contributed by atoms with Crippen molar-refractivity contribution in [3.63, 3.8) is 0 Å². The Morgan fingerprint density at radius 2 is 2.08 bits per heavy atom. The minimum Gasteiger partial charge on any atom is -0.385 e. The van der Waals surface area contributed by atoms with E-state index in [1.165, 1.54) is 18.3 Å². The standard InChI is InChI=1S/C14H15ClF3N5O/c1-24-6-2-5-19-13-22-12(8-20-23-13)21-9-3-4-11(15)10(7-9)14(16,17)18/h3-4,7-8H,2,5-6H2,1H3,(H2,19,21,22,23). The number of anilines is 3. The normalized spacial score (nSPS) is 11.4. The molecular formula is C14H15ClF3N5O. The molecule has 1 heterocycles. The summed E-state index contributed by atoms with van der Waals surface area (Å²) in [6.07, 6.45) is -2.47. The summed E-state index contributed by atoms with van der Waals surface area (Å²) in [5.74, 6) is 0.524. The molecule has 0 spiro atoms. The monoisotopic (exact) mass is 361 g/mol. The molecule has 0 fully saturated rings. The Bertz CT molecular complexity index is 684. The molecule has 10 heteroatoms. The maximum Gasteiger partial charge on any atom is 0.417 e. The van der Waals surface area contributed by atoms with Crippen LogP contribution in [-0.4, -0.2) is 35.4 Å². The molecule has 1 aromatic heterocycles. The van der Waals surface area contributed by atoms with Crippen molar-refractivity contribution in [1.29, 1.82) is 0 Å². The highest BCUT2D eigenvalue weighted by Crippen LogP contribution is 2.36. The fourth-order valence-electron chi connectivity index (χ4n) is 1.82. The van der Waals surface area contributed by atoms with Crippen LogP contribution in [0, 0.1) is 0 Å². The zero-order chi connectivity index (χ0) is 17.6. The van der Waals surface area contributed by atoms with Crippen LogP contribution in [0.15, 0.2) is 24.4 Å². The smallest absolute Gasteiger partial charge is 0.385 e. The van der Waals surface area contributed by atoms with E-state index in [1.807, 2.05) is 0 Å². The van der Waals surface area contributed by atoms with Gasteiger partial charge in [-0.3, -0.25) is 0 Å². The lowest BCUT2D eigenvalue weighted by atomic mass is 10.2. The van der Waals surface area contributed by atoms with E-state index in [9.17, 15) is 13.2 Å². The minimum absolute atomic E-state index is 0.192. The van der Waals surface area contributed by atoms with Crippen molar-refractivity contribution in [1.82, 2.24) is 15.2 Å². The number of hydrogen-bond acceptors (Lipinski definition) is 6. The van der Waals surface area contributed by atoms with Crippen LogP contribution in [0.5, 0.6) is 0 Å². The molecule has 0 radical (unpaired) electrons. The van der Waals surface area contributed by atoms with Crippen LogP contribution < -0.4 is 10.6 Å². The van der Waals surface area contributed by atoms with Crippen molar-refractivity contribution in [2.45, 2.75) is 12.6 Å². The number of methoxy groups -OCH3 is 1. The topological polar surface area (TPSA) is 72.0 Å². The lowest BCUT2D eigenvalue weighted by molar-refractivity contribution is -0.137. The van der Waals surface area contributed by atoms with Crippen LogP contribution in [0.1, 0.15) is 12.0 Å². The predicted octanol–water partition coefficient (Wildman–Crippen LogP) is 3.74. The van der Waals surface area contributed by atoms with Gasteiger partial charge in [-0.25, -0.2) is 0 Å². The van der Waals surface area contributed by atoms with Gasteiger partial charge in [-0.05, 0) is 24.6 Å². The number of aromatic nitrogens is 3. The summed E-state index contributed by atoms with van der Waals surface area (Å²) in [7, 11) is 1.60. The first-order valence-electron chi connectivity index (χ1n) is 6.96. The summed E-state index contributed by atoms with van der Waals surface area (Å²) < 4.78 is 43.5. The van der Waals surface area contributed by atoms with E-state index in [0.717, 1.165) is 12.5 Å². The van der Waals surface area contributed by atoms with E-state index in [2.05, 4.69) is 25.8 Å². The van der Waals surface area contributed by atoms with Crippen LogP contribution in [0.4, 0.5) is 30.6 Å². The van der Waals surface area contributed by atoms with E-state index in [0.29, 0.717) is 13.2 Å². The maximum atomic E-state index is 12.9. The molecule has 0 bridgehead atoms. The Kier molecular flexibility index (Phi) is 6.16. The molecule has 2 aromatic rings. The second kappa shape index (κ2) is 8.11. The number of nitrogens with one attached hydrogen (secondary N) is 2. The number of halogens is 4. The molecule has 130 valence electrons. The van der Waals surface area contributed by atoms with Gasteiger partial charge in [0, 0.05) is 25.9 Å². The summed E-state index contributed by atoms with van der Waals surface area (Å²) in [5, 5.41) is 12.9. The van der Waals surface area contributed by atoms with Crippen LogP contribution in [0.25, 0.3) is 0 Å². The molecule has 0 aliphatic heterocycles. The SMILES string of the molecule is COCCCNc1nncc(Nc2ccc(Cl)c(C(F)(F)F)c2)n1. The van der Waals surface area contributed by atoms with Crippen molar-refractivity contribution in [2.24, 2.45) is 0 Å². The summed E-state index contributed by atoms with van der Waals surface area (Å²) in [4.78, 5) is 4.13. The first kappa shape index (κ1) is 18.2. The third kappa shape index (κ3) is 5.20. The van der Waals surface area contributed by atoms with Gasteiger partial charge in [0.2, 0.25) is 5.95 Å². The maximum absolute atomic E-state index is 12.9. The van der Waals surface area contributed by atoms with Crippen molar-refractivity contribution < 1.29 is 17.9 Å². The summed E-state index contributed by atoms with van der Waals surface area (Å²) in [6.45, 7) is 1.17. The van der Waals surface area contributed by atoms with E-state index >= 15 is 0 Å². The highest BCUT2D eigenvalue weighted by atomic mass is 35.5. The molecule has 2 rings (SSSR count). The highest BCUT2D eigenvalue weighted by Gasteiger charge is 2.33. The zero-order valence-electron chi connectivity index (χ0n) is 12.7. The zero-order valence-corrected chi connectivity index (χ0v) is 13.4. The van der Waals surface area contributed by atoms with Crippen molar-refractivity contribution in [3.8, 4) is 0 Å². The van der Waals surface area contributed by atoms with Gasteiger partial charge in [-0.15, -0.1) is 5.10 Å². The average Bonchev–Trinajstić information content (AvgIpc) is 2.53. The van der Waals surface area contributed by atoms with Gasteiger partial charge in [0.1, 0.15) is 0 Å². The number of ether oxygens (including phenoxy) is 1. The van der Waals surface area contributed by atoms with Crippen molar-refractivity contribution in [3.05, 3.63) is 35.0 Å². The lowest BCUT2D eigenvalue weighted by Crippen LogP contribution is -2.10. The van der Waals surface area contributed by atoms with Crippen LogP contribution in [0.2, 0.25) is 5.02 Å². The predicted molar refractivity (Wildman–Crippen MR) is 84.5 cm³/mol. The number of benzene rings is 1. The van der Waals surface area contributed by atoms with Crippen molar-refractivity contribution in [2.75, 3.05) is 30.9 Å². The molecule has 0 aliphatic carbocycles. The van der Waals surface area contributed by atoms with Crippen molar-refractivity contribution >= 4 is 29.1 Å². The third-order valence-corrected chi connectivity index (χ3v) is 3.24. The summed E-state index contributed by atoms with van der Waals surface area (Å²) in [5.41, 5.74) is -0.730. The Balaban J connectivity index is 2.08. The quantitative estimate of drug-likeness (QED) is 0.732. The van der Waals surface area contributed by atoms with Gasteiger partial charge in [-0.2, -0.15) is 23.3 Å². The van der Waals surface area contributed by atoms with Gasteiger partial charge in [0.25, 0.3) is 0 Å². The first-order chi connectivity index (χ1) is 11.4. The second-order valence-electron chi connectivity index (χ2n) is 4.76. The van der Waals surface area contributed by atoms with Gasteiger partial charge < -0.3 is 15.4 Å². The van der Waals surface area contributed by atoms with E-state index < -0.39 is 11.7 Å². The number of nitrogens with zero attached hydrogens (tertiary/aromatic N) is 3. The molecule has 24 heavy (non-hydrogen) atoms. The second-order valence-corrected chi connectivity index (χ2v) is 5.16. The molecule has 0 aliphatic rings. The average molecular weight is 362 g/mol. The van der Waals surface area contributed by atoms with Gasteiger partial charge >= 0.3 is 6.18 Å². The Hall–Kier alpha value is -2.13. The van der Waals surface area contributed by atoms with Gasteiger partial charge in [-0.1, -0.05) is 11.6 Å². The minimum atomic E-state index is -4.53. The van der Waals surface area contributed by atoms with Crippen LogP contribution in [0.3, 0.4) is 0 Å². The molecule has 0 amide bonds. The Labute approximate surface area is 141 Å². The van der Waals surface area contributed by atoms with Gasteiger partial charge in [0.15, 0.2) is 5.82 Å². The van der Waals surface area contributed by atoms with Crippen LogP contribution >= 0.6 is 11.6 Å². The largest absolute Gasteiger partial charge is 0.417 e. The molecule has 0 saturated carbocycles. The number of alkyl halides is 3. The first-order valence-corrected chi connectivity index (χ1v) is 7.34. The summed E-state index contributed by atoms with van der Waals surface area (Å²) in [6, 6.07) is 3.51. The molecule has 0 atom stereocenters. The fraction of sp³-hybridized carbons (Fsp3) is 0.357. The Morgan fingerprint density at radius 1 is 1.29 bits per heavy atom. The number of hydrogen-bond donors (Lipinski definition) is 2. The molecule has 1 aromatic carbocycles. The fourth-order valence-corrected chi connectivity index (χ4v) is 2.05. The highest BCUT2D eigenvalue weighted by molar-refractivity contribution is 6.31. The van der Waals surface area contributed by atoms with Crippen LogP contribution in [-0.2, 0) is 10.9 Å². The van der Waals surface area contributed by atoms with E-state index in [1.54, 1.807) is 7.11 Å².